The third-order valence-corrected chi connectivity index (χ3v) is 8.15. The largest absolute Gasteiger partial charge is 0.341 e. The van der Waals surface area contributed by atoms with Gasteiger partial charge in [-0.25, -0.2) is 0 Å². The summed E-state index contributed by atoms with van der Waals surface area (Å²) in [6.45, 7) is 3.56. The number of nitrogens with one attached hydrogen (secondary N) is 2. The normalized spacial score (nSPS) is 16.6. The minimum Gasteiger partial charge on any atom is -0.341 e. The van der Waals surface area contributed by atoms with Crippen molar-refractivity contribution in [3.05, 3.63) is 60.7 Å². The maximum Gasteiger partial charge on any atom is 0.276 e. The molecule has 2 fully saturated rings. The van der Waals surface area contributed by atoms with Gasteiger partial charge in [0.15, 0.2) is 5.69 Å². The Morgan fingerprint density at radius 1 is 1.08 bits per heavy atom. The second kappa shape index (κ2) is 8.27. The van der Waals surface area contributed by atoms with Gasteiger partial charge in [-0.15, -0.1) is 0 Å². The highest BCUT2D eigenvalue weighted by Gasteiger charge is 2.54. The lowest BCUT2D eigenvalue weighted by Crippen LogP contribution is -2.63. The molecule has 1 saturated carbocycles. The second-order valence-corrected chi connectivity index (χ2v) is 10.7. The van der Waals surface area contributed by atoms with Gasteiger partial charge in [-0.1, -0.05) is 13.0 Å². The summed E-state index contributed by atoms with van der Waals surface area (Å²) in [6.07, 6.45) is 7.86. The standard InChI is InChI=1S/C28H28N8O2/c1-3-25(37)35-15-28(16-35)10-21(11-28)36-24-6-4-17(19-12-29-30-13-19)9-22(24)26(33-36)27(38)32-20-5-7-23-18(8-20)14-31-34(23)2/h4-9,12-14,21H,3,10-11,15-16H2,1-2H3,(H,29,30)(H,32,38). The number of nitrogens with zero attached hydrogens (tertiary/aromatic N) is 6. The van der Waals surface area contributed by atoms with Crippen molar-refractivity contribution in [1.82, 2.24) is 34.7 Å². The van der Waals surface area contributed by atoms with E-state index in [4.69, 9.17) is 5.10 Å². The van der Waals surface area contributed by atoms with Crippen molar-refractivity contribution in [2.45, 2.75) is 32.2 Å². The topological polar surface area (TPSA) is 114 Å². The van der Waals surface area contributed by atoms with Crippen LogP contribution in [0.15, 0.2) is 55.0 Å². The molecule has 0 radical (unpaired) electrons. The first kappa shape index (κ1) is 22.7. The minimum atomic E-state index is -0.251. The van der Waals surface area contributed by atoms with E-state index in [1.807, 2.05) is 66.1 Å². The van der Waals surface area contributed by atoms with Crippen molar-refractivity contribution >= 4 is 39.3 Å². The van der Waals surface area contributed by atoms with Gasteiger partial charge in [0.25, 0.3) is 5.91 Å². The molecular weight excluding hydrogens is 480 g/mol. The van der Waals surface area contributed by atoms with Crippen LogP contribution in [0.5, 0.6) is 0 Å². The highest BCUT2D eigenvalue weighted by molar-refractivity contribution is 6.12. The van der Waals surface area contributed by atoms with Gasteiger partial charge in [-0.2, -0.15) is 15.3 Å². The molecule has 10 nitrogen and oxygen atoms in total. The summed E-state index contributed by atoms with van der Waals surface area (Å²) in [5.74, 6) is -0.0300. The van der Waals surface area contributed by atoms with E-state index in [9.17, 15) is 9.59 Å². The molecule has 7 rings (SSSR count). The van der Waals surface area contributed by atoms with Crippen molar-refractivity contribution in [2.75, 3.05) is 18.4 Å². The molecule has 3 aromatic heterocycles. The molecule has 0 atom stereocenters. The lowest BCUT2D eigenvalue weighted by atomic mass is 9.60. The van der Waals surface area contributed by atoms with E-state index < -0.39 is 0 Å². The summed E-state index contributed by atoms with van der Waals surface area (Å²) in [7, 11) is 1.89. The van der Waals surface area contributed by atoms with Crippen LogP contribution in [-0.4, -0.2) is 59.6 Å². The summed E-state index contributed by atoms with van der Waals surface area (Å²) in [5.41, 5.74) is 5.13. The van der Waals surface area contributed by atoms with Crippen LogP contribution < -0.4 is 5.32 Å². The van der Waals surface area contributed by atoms with E-state index in [-0.39, 0.29) is 23.3 Å². The fourth-order valence-corrected chi connectivity index (χ4v) is 6.14. The highest BCUT2D eigenvalue weighted by Crippen LogP contribution is 2.54. The lowest BCUT2D eigenvalue weighted by Gasteiger charge is -2.59. The molecule has 1 spiro atoms. The molecule has 1 aliphatic carbocycles. The van der Waals surface area contributed by atoms with Gasteiger partial charge in [0.1, 0.15) is 0 Å². The Kier molecular flexibility index (Phi) is 4.94. The summed E-state index contributed by atoms with van der Waals surface area (Å²) in [4.78, 5) is 27.6. The van der Waals surface area contributed by atoms with E-state index in [1.165, 1.54) is 0 Å². The Bertz CT molecular complexity index is 1700. The maximum absolute atomic E-state index is 13.6. The van der Waals surface area contributed by atoms with Crippen LogP contribution in [-0.2, 0) is 11.8 Å². The zero-order valence-corrected chi connectivity index (χ0v) is 21.3. The van der Waals surface area contributed by atoms with Crippen molar-refractivity contribution in [3.8, 4) is 11.1 Å². The van der Waals surface area contributed by atoms with Gasteiger partial charge in [0.05, 0.1) is 29.5 Å². The average Bonchev–Trinajstić information content (AvgIpc) is 3.61. The lowest BCUT2D eigenvalue weighted by molar-refractivity contribution is -0.153. The molecule has 0 unspecified atom stereocenters. The third-order valence-electron chi connectivity index (χ3n) is 8.15. The summed E-state index contributed by atoms with van der Waals surface area (Å²) in [6, 6.07) is 12.1. The molecule has 2 aliphatic rings. The van der Waals surface area contributed by atoms with Crippen LogP contribution in [0.25, 0.3) is 32.9 Å². The average molecular weight is 509 g/mol. The first-order valence-corrected chi connectivity index (χ1v) is 13.0. The Morgan fingerprint density at radius 3 is 2.66 bits per heavy atom. The Labute approximate surface area is 218 Å². The Morgan fingerprint density at radius 2 is 1.89 bits per heavy atom. The summed E-state index contributed by atoms with van der Waals surface area (Å²) in [5, 5.41) is 20.9. The van der Waals surface area contributed by atoms with Gasteiger partial charge in [-0.3, -0.25) is 24.1 Å². The fraction of sp³-hybridized carbons (Fsp3) is 0.321. The zero-order valence-electron chi connectivity index (χ0n) is 21.3. The molecule has 1 aliphatic heterocycles. The molecule has 2 amide bonds. The number of H-pyrrole nitrogens is 1. The molecule has 0 bridgehead atoms. The van der Waals surface area contributed by atoms with Gasteiger partial charge in [0.2, 0.25) is 5.91 Å². The number of aromatic amines is 1. The highest BCUT2D eigenvalue weighted by atomic mass is 16.2. The summed E-state index contributed by atoms with van der Waals surface area (Å²) >= 11 is 0. The fourth-order valence-electron chi connectivity index (χ4n) is 6.14. The van der Waals surface area contributed by atoms with Crippen LogP contribution in [0.1, 0.15) is 42.7 Å². The first-order valence-electron chi connectivity index (χ1n) is 13.0. The molecule has 5 aromatic rings. The Balaban J connectivity index is 1.21. The monoisotopic (exact) mass is 508 g/mol. The van der Waals surface area contributed by atoms with E-state index in [0.717, 1.165) is 58.9 Å². The van der Waals surface area contributed by atoms with Crippen LogP contribution >= 0.6 is 0 Å². The predicted molar refractivity (Wildman–Crippen MR) is 144 cm³/mol. The molecule has 10 heteroatoms. The van der Waals surface area contributed by atoms with E-state index >= 15 is 0 Å². The number of anilines is 1. The minimum absolute atomic E-state index is 0.187. The first-order chi connectivity index (χ1) is 18.4. The molecular formula is C28H28N8O2. The molecule has 1 saturated heterocycles. The Hall–Kier alpha value is -4.47. The number of rotatable bonds is 5. The van der Waals surface area contributed by atoms with Gasteiger partial charge < -0.3 is 10.2 Å². The van der Waals surface area contributed by atoms with Crippen LogP contribution in [0.3, 0.4) is 0 Å². The van der Waals surface area contributed by atoms with E-state index in [1.54, 1.807) is 17.1 Å². The van der Waals surface area contributed by atoms with Crippen molar-refractivity contribution < 1.29 is 9.59 Å². The number of hydrogen-bond acceptors (Lipinski definition) is 5. The van der Waals surface area contributed by atoms with E-state index in [0.29, 0.717) is 17.8 Å². The molecule has 2 N–H and O–H groups in total. The number of carbonyl (C=O) groups is 2. The van der Waals surface area contributed by atoms with Gasteiger partial charge in [-0.05, 0) is 48.7 Å². The quantitative estimate of drug-likeness (QED) is 0.370. The van der Waals surface area contributed by atoms with Crippen LogP contribution in [0.2, 0.25) is 0 Å². The second-order valence-electron chi connectivity index (χ2n) is 10.7. The number of benzene rings is 2. The maximum atomic E-state index is 13.6. The number of likely N-dealkylation sites (tertiary alicyclic amines) is 1. The molecule has 4 heterocycles. The van der Waals surface area contributed by atoms with Crippen LogP contribution in [0, 0.1) is 5.41 Å². The van der Waals surface area contributed by atoms with Gasteiger partial charge in [0, 0.05) is 60.2 Å². The SMILES string of the molecule is CCC(=O)N1CC2(CC(n3nc(C(=O)Nc4ccc5c(cnn5C)c4)c4cc(-c5cn[nH]c5)ccc43)C2)C1. The zero-order chi connectivity index (χ0) is 26.0. The molecule has 2 aromatic carbocycles. The van der Waals surface area contributed by atoms with Gasteiger partial charge >= 0.3 is 0 Å². The number of aromatic nitrogens is 6. The van der Waals surface area contributed by atoms with Crippen molar-refractivity contribution in [1.29, 1.82) is 0 Å². The van der Waals surface area contributed by atoms with E-state index in [2.05, 4.69) is 20.6 Å². The predicted octanol–water partition coefficient (Wildman–Crippen LogP) is 4.14. The molecule has 192 valence electrons. The van der Waals surface area contributed by atoms with Crippen molar-refractivity contribution in [3.63, 3.8) is 0 Å². The smallest absolute Gasteiger partial charge is 0.276 e. The number of hydrogen-bond donors (Lipinski definition) is 2. The third kappa shape index (κ3) is 3.51. The van der Waals surface area contributed by atoms with Crippen LogP contribution in [0.4, 0.5) is 5.69 Å². The number of carbonyl (C=O) groups excluding carboxylic acids is 2. The number of fused-ring (bicyclic) bond motifs is 2. The number of amides is 2. The number of aryl methyl sites for hydroxylation is 1. The molecule has 38 heavy (non-hydrogen) atoms. The summed E-state index contributed by atoms with van der Waals surface area (Å²) < 4.78 is 3.82. The van der Waals surface area contributed by atoms with Crippen molar-refractivity contribution in [2.24, 2.45) is 12.5 Å².